The van der Waals surface area contributed by atoms with E-state index < -0.39 is 0 Å². The average Bonchev–Trinajstić information content (AvgIpc) is 3.39. The highest BCUT2D eigenvalue weighted by Crippen LogP contribution is 2.40. The van der Waals surface area contributed by atoms with Gasteiger partial charge in [-0.15, -0.1) is 0 Å². The lowest BCUT2D eigenvalue weighted by Crippen LogP contribution is -2.21. The summed E-state index contributed by atoms with van der Waals surface area (Å²) < 4.78 is 13.9. The fourth-order valence-corrected chi connectivity index (χ4v) is 4.35. The van der Waals surface area contributed by atoms with E-state index in [9.17, 15) is 9.65 Å². The van der Waals surface area contributed by atoms with Crippen molar-refractivity contribution in [3.05, 3.63) is 59.9 Å². The number of H-pyrrole nitrogens is 1. The van der Waals surface area contributed by atoms with E-state index in [-0.39, 0.29) is 5.82 Å². The predicted octanol–water partition coefficient (Wildman–Crippen LogP) is 4.85. The molecule has 0 saturated carbocycles. The number of nitrogens with one attached hydrogen (secondary N) is 1. The van der Waals surface area contributed by atoms with Crippen molar-refractivity contribution in [1.29, 1.82) is 5.26 Å². The van der Waals surface area contributed by atoms with Gasteiger partial charge in [-0.1, -0.05) is 6.92 Å². The van der Waals surface area contributed by atoms with Gasteiger partial charge in [0.05, 0.1) is 22.3 Å². The van der Waals surface area contributed by atoms with E-state index in [1.807, 2.05) is 19.2 Å². The largest absolute Gasteiger partial charge is 0.370 e. The Morgan fingerprint density at radius 1 is 1.23 bits per heavy atom. The monoisotopic (exact) mass is 412 g/mol. The topological polar surface area (TPSA) is 81.5 Å². The minimum atomic E-state index is -0.290. The number of hydrogen-bond donors (Lipinski definition) is 1. The molecule has 154 valence electrons. The second-order valence-electron chi connectivity index (χ2n) is 8.17. The number of fused-ring (bicyclic) bond motifs is 1. The molecule has 1 aliphatic heterocycles. The molecule has 1 saturated heterocycles. The summed E-state index contributed by atoms with van der Waals surface area (Å²) in [6.45, 7) is 5.95. The molecule has 5 rings (SSSR count). The van der Waals surface area contributed by atoms with Crippen molar-refractivity contribution >= 4 is 16.7 Å². The number of benzene rings is 1. The molecule has 1 aliphatic rings. The highest BCUT2D eigenvalue weighted by molar-refractivity contribution is 5.91. The van der Waals surface area contributed by atoms with E-state index in [0.29, 0.717) is 23.0 Å². The number of imidazole rings is 1. The van der Waals surface area contributed by atoms with Crippen LogP contribution in [0.3, 0.4) is 0 Å². The fourth-order valence-electron chi connectivity index (χ4n) is 4.35. The van der Waals surface area contributed by atoms with E-state index in [0.717, 1.165) is 53.0 Å². The number of aromatic amines is 1. The molecule has 4 aromatic rings. The van der Waals surface area contributed by atoms with Crippen molar-refractivity contribution in [3.63, 3.8) is 0 Å². The van der Waals surface area contributed by atoms with Gasteiger partial charge in [-0.05, 0) is 54.7 Å². The Morgan fingerprint density at radius 2 is 2.06 bits per heavy atom. The Labute approximate surface area is 179 Å². The van der Waals surface area contributed by atoms with Crippen LogP contribution < -0.4 is 4.90 Å². The van der Waals surface area contributed by atoms with E-state index in [4.69, 9.17) is 4.98 Å². The van der Waals surface area contributed by atoms with Gasteiger partial charge in [0.15, 0.2) is 0 Å². The molecule has 0 bridgehead atoms. The molecule has 0 unspecified atom stereocenters. The molecule has 0 aliphatic carbocycles. The van der Waals surface area contributed by atoms with Crippen molar-refractivity contribution in [2.24, 2.45) is 5.92 Å². The summed E-state index contributed by atoms with van der Waals surface area (Å²) in [5.41, 5.74) is 6.24. The first-order valence-electron chi connectivity index (χ1n) is 10.3. The third kappa shape index (κ3) is 3.40. The van der Waals surface area contributed by atoms with Crippen LogP contribution in [0.4, 0.5) is 10.1 Å². The molecule has 7 heteroatoms. The number of nitrogens with zero attached hydrogens (tertiary/aromatic N) is 5. The van der Waals surface area contributed by atoms with Crippen LogP contribution in [0.5, 0.6) is 0 Å². The first-order chi connectivity index (χ1) is 15.0. The Balaban J connectivity index is 1.74. The summed E-state index contributed by atoms with van der Waals surface area (Å²) in [6.07, 6.45) is 6.37. The van der Waals surface area contributed by atoms with Crippen LogP contribution in [-0.4, -0.2) is 33.0 Å². The molecular formula is C24H21FN6. The summed E-state index contributed by atoms with van der Waals surface area (Å²) in [4.78, 5) is 19.0. The molecule has 1 aromatic carbocycles. The maximum atomic E-state index is 13.9. The van der Waals surface area contributed by atoms with Gasteiger partial charge in [0.2, 0.25) is 0 Å². The molecule has 6 nitrogen and oxygen atoms in total. The summed E-state index contributed by atoms with van der Waals surface area (Å²) in [7, 11) is 0. The zero-order chi connectivity index (χ0) is 21.5. The lowest BCUT2D eigenvalue weighted by atomic mass is 10.0. The van der Waals surface area contributed by atoms with Gasteiger partial charge in [0, 0.05) is 37.2 Å². The third-order valence-corrected chi connectivity index (χ3v) is 5.84. The normalized spacial score (nSPS) is 16.1. The van der Waals surface area contributed by atoms with Crippen LogP contribution >= 0.6 is 0 Å². The highest BCUT2D eigenvalue weighted by Gasteiger charge is 2.26. The molecule has 31 heavy (non-hydrogen) atoms. The number of aryl methyl sites for hydroxylation is 1. The molecule has 0 amide bonds. The van der Waals surface area contributed by atoms with Crippen LogP contribution in [0.2, 0.25) is 0 Å². The fraction of sp³-hybridized carbons (Fsp3) is 0.250. The zero-order valence-electron chi connectivity index (χ0n) is 17.4. The zero-order valence-corrected chi connectivity index (χ0v) is 17.4. The molecule has 0 radical (unpaired) electrons. The number of pyridine rings is 2. The molecule has 1 N–H and O–H groups in total. The van der Waals surface area contributed by atoms with Crippen LogP contribution in [0, 0.1) is 30.0 Å². The van der Waals surface area contributed by atoms with Crippen molar-refractivity contribution in [2.45, 2.75) is 20.3 Å². The van der Waals surface area contributed by atoms with Gasteiger partial charge in [-0.2, -0.15) is 5.26 Å². The lowest BCUT2D eigenvalue weighted by Gasteiger charge is -2.24. The van der Waals surface area contributed by atoms with Crippen LogP contribution in [0.1, 0.15) is 24.6 Å². The first-order valence-corrected chi connectivity index (χ1v) is 10.3. The van der Waals surface area contributed by atoms with Crippen LogP contribution in [0.25, 0.3) is 33.5 Å². The van der Waals surface area contributed by atoms with Crippen molar-refractivity contribution in [1.82, 2.24) is 19.9 Å². The molecule has 1 atom stereocenters. The summed E-state index contributed by atoms with van der Waals surface area (Å²) in [5, 5.41) is 9.30. The maximum Gasteiger partial charge on any atom is 0.142 e. The van der Waals surface area contributed by atoms with Gasteiger partial charge in [0.25, 0.3) is 0 Å². The SMILES string of the molecule is Cc1cc(F)cc2[nH]c(-c3cncc(-c4ccnc(C#N)c4)c3N3CC[C@@H](C)C3)nc12. The van der Waals surface area contributed by atoms with Gasteiger partial charge >= 0.3 is 0 Å². The number of rotatable bonds is 3. The predicted molar refractivity (Wildman–Crippen MR) is 118 cm³/mol. The van der Waals surface area contributed by atoms with Crippen LogP contribution in [-0.2, 0) is 0 Å². The summed E-state index contributed by atoms with van der Waals surface area (Å²) in [5.74, 6) is 0.941. The average molecular weight is 412 g/mol. The molecular weight excluding hydrogens is 391 g/mol. The van der Waals surface area contributed by atoms with E-state index in [1.54, 1.807) is 18.5 Å². The smallest absolute Gasteiger partial charge is 0.142 e. The van der Waals surface area contributed by atoms with Gasteiger partial charge in [0.1, 0.15) is 23.4 Å². The molecule has 3 aromatic heterocycles. The number of nitriles is 1. The third-order valence-electron chi connectivity index (χ3n) is 5.84. The quantitative estimate of drug-likeness (QED) is 0.520. The van der Waals surface area contributed by atoms with Gasteiger partial charge < -0.3 is 9.88 Å². The Kier molecular flexibility index (Phi) is 4.63. The van der Waals surface area contributed by atoms with Crippen molar-refractivity contribution in [2.75, 3.05) is 18.0 Å². The minimum Gasteiger partial charge on any atom is -0.370 e. The number of halogens is 1. The standard InChI is InChI=1S/C24H21FN6/c1-14-4-6-31(13-14)23-19(16-3-5-28-18(8-16)10-26)11-27-12-20(23)24-29-21-9-17(25)7-15(2)22(21)30-24/h3,5,7-9,11-12,14H,4,6,13H2,1-2H3,(H,29,30)/t14-/m1/s1. The highest BCUT2D eigenvalue weighted by atomic mass is 19.1. The second-order valence-corrected chi connectivity index (χ2v) is 8.17. The Morgan fingerprint density at radius 3 is 2.84 bits per heavy atom. The Bertz CT molecular complexity index is 1340. The number of hydrogen-bond acceptors (Lipinski definition) is 5. The summed E-state index contributed by atoms with van der Waals surface area (Å²) in [6, 6.07) is 8.74. The van der Waals surface area contributed by atoms with E-state index >= 15 is 0 Å². The van der Waals surface area contributed by atoms with Crippen molar-refractivity contribution in [3.8, 4) is 28.6 Å². The van der Waals surface area contributed by atoms with Crippen LogP contribution in [0.15, 0.2) is 42.9 Å². The van der Waals surface area contributed by atoms with E-state index in [1.165, 1.54) is 12.1 Å². The molecule has 0 spiro atoms. The number of anilines is 1. The van der Waals surface area contributed by atoms with Gasteiger partial charge in [-0.25, -0.2) is 14.4 Å². The second kappa shape index (κ2) is 7.47. The van der Waals surface area contributed by atoms with E-state index in [2.05, 4.69) is 32.8 Å². The molecule has 4 heterocycles. The lowest BCUT2D eigenvalue weighted by molar-refractivity contribution is 0.628. The Hall–Kier alpha value is -3.79. The number of aromatic nitrogens is 4. The maximum absolute atomic E-state index is 13.9. The first kappa shape index (κ1) is 19.2. The minimum absolute atomic E-state index is 0.290. The molecule has 1 fully saturated rings. The van der Waals surface area contributed by atoms with Crippen molar-refractivity contribution < 1.29 is 4.39 Å². The summed E-state index contributed by atoms with van der Waals surface area (Å²) >= 11 is 0. The van der Waals surface area contributed by atoms with Gasteiger partial charge in [-0.3, -0.25) is 4.98 Å².